The lowest BCUT2D eigenvalue weighted by Gasteiger charge is -2.23. The lowest BCUT2D eigenvalue weighted by atomic mass is 9.89. The number of rotatable bonds is 2. The van der Waals surface area contributed by atoms with E-state index in [1.54, 1.807) is 25.4 Å². The number of carbonyl (C=O) groups excluding carboxylic acids is 1. The van der Waals surface area contributed by atoms with Crippen LogP contribution in [0.15, 0.2) is 18.3 Å². The maximum Gasteiger partial charge on any atom is 0.227 e. The molecular weight excluding hydrogens is 228 g/mol. The molecule has 1 saturated heterocycles. The second-order valence-electron chi connectivity index (χ2n) is 4.83. The maximum atomic E-state index is 11.8. The minimum absolute atomic E-state index is 0.0569. The Morgan fingerprint density at radius 2 is 2.44 bits per heavy atom. The molecule has 2 heterocycles. The van der Waals surface area contributed by atoms with Crippen LogP contribution < -0.4 is 10.2 Å². The van der Waals surface area contributed by atoms with E-state index in [-0.39, 0.29) is 11.3 Å². The number of anilines is 1. The Labute approximate surface area is 106 Å². The van der Waals surface area contributed by atoms with Crippen LogP contribution in [-0.2, 0) is 4.79 Å². The zero-order valence-electron chi connectivity index (χ0n) is 10.6. The number of amides is 1. The highest BCUT2D eigenvalue weighted by molar-refractivity contribution is 5.83. The van der Waals surface area contributed by atoms with Crippen LogP contribution in [0.1, 0.15) is 18.9 Å². The van der Waals surface area contributed by atoms with Crippen molar-refractivity contribution in [1.29, 1.82) is 5.26 Å². The van der Waals surface area contributed by atoms with Gasteiger partial charge in [0, 0.05) is 26.3 Å². The van der Waals surface area contributed by atoms with Crippen molar-refractivity contribution in [2.75, 3.05) is 25.0 Å². The van der Waals surface area contributed by atoms with E-state index in [4.69, 9.17) is 5.26 Å². The monoisotopic (exact) mass is 244 g/mol. The highest BCUT2D eigenvalue weighted by Gasteiger charge is 2.40. The van der Waals surface area contributed by atoms with Crippen molar-refractivity contribution < 1.29 is 4.79 Å². The molecule has 2 rings (SSSR count). The number of carbonyl (C=O) groups is 1. The molecule has 5 nitrogen and oxygen atoms in total. The molecule has 1 amide bonds. The fourth-order valence-electron chi connectivity index (χ4n) is 2.30. The van der Waals surface area contributed by atoms with Gasteiger partial charge in [-0.15, -0.1) is 0 Å². The molecule has 1 unspecified atom stereocenters. The zero-order valence-corrected chi connectivity index (χ0v) is 10.6. The fraction of sp³-hybridized carbons (Fsp3) is 0.462. The molecule has 1 atom stereocenters. The predicted molar refractivity (Wildman–Crippen MR) is 68.0 cm³/mol. The number of nitrogens with zero attached hydrogens (tertiary/aromatic N) is 3. The number of hydrogen-bond acceptors (Lipinski definition) is 4. The summed E-state index contributed by atoms with van der Waals surface area (Å²) in [5, 5.41) is 11.6. The molecule has 0 radical (unpaired) electrons. The number of nitrogens with one attached hydrogen (secondary N) is 1. The van der Waals surface area contributed by atoms with E-state index in [1.165, 1.54) is 0 Å². The summed E-state index contributed by atoms with van der Waals surface area (Å²) in [7, 11) is 1.66. The Balaban J connectivity index is 2.18. The van der Waals surface area contributed by atoms with E-state index in [0.29, 0.717) is 12.1 Å². The minimum atomic E-state index is -0.376. The summed E-state index contributed by atoms with van der Waals surface area (Å²) >= 11 is 0. The van der Waals surface area contributed by atoms with Crippen LogP contribution in [0.5, 0.6) is 0 Å². The smallest absolute Gasteiger partial charge is 0.227 e. The second kappa shape index (κ2) is 4.65. The van der Waals surface area contributed by atoms with Crippen LogP contribution in [0.4, 0.5) is 5.82 Å². The number of hydrogen-bond donors (Lipinski definition) is 1. The van der Waals surface area contributed by atoms with Gasteiger partial charge in [0.15, 0.2) is 0 Å². The first-order valence-corrected chi connectivity index (χ1v) is 5.92. The van der Waals surface area contributed by atoms with Gasteiger partial charge in [-0.25, -0.2) is 4.98 Å². The molecule has 1 N–H and O–H groups in total. The lowest BCUT2D eigenvalue weighted by molar-refractivity contribution is -0.128. The van der Waals surface area contributed by atoms with Crippen LogP contribution in [0.25, 0.3) is 0 Å². The zero-order chi connectivity index (χ0) is 13.2. The Morgan fingerprint density at radius 3 is 3.11 bits per heavy atom. The Bertz CT molecular complexity index is 508. The van der Waals surface area contributed by atoms with Crippen LogP contribution >= 0.6 is 0 Å². The van der Waals surface area contributed by atoms with Crippen LogP contribution in [0, 0.1) is 16.7 Å². The highest BCUT2D eigenvalue weighted by atomic mass is 16.2. The Hall–Kier alpha value is -2.09. The lowest BCUT2D eigenvalue weighted by Crippen LogP contribution is -2.39. The quantitative estimate of drug-likeness (QED) is 0.839. The average molecular weight is 244 g/mol. The molecule has 1 aliphatic heterocycles. The van der Waals surface area contributed by atoms with Crippen LogP contribution in [0.3, 0.4) is 0 Å². The van der Waals surface area contributed by atoms with Gasteiger partial charge in [-0.3, -0.25) is 4.79 Å². The van der Waals surface area contributed by atoms with E-state index in [9.17, 15) is 4.79 Å². The third-order valence-corrected chi connectivity index (χ3v) is 3.45. The van der Waals surface area contributed by atoms with Crippen molar-refractivity contribution in [3.63, 3.8) is 0 Å². The van der Waals surface area contributed by atoms with Crippen molar-refractivity contribution in [2.45, 2.75) is 13.3 Å². The molecule has 18 heavy (non-hydrogen) atoms. The molecular formula is C13H16N4O. The first kappa shape index (κ1) is 12.4. The summed E-state index contributed by atoms with van der Waals surface area (Å²) in [6, 6.07) is 5.54. The van der Waals surface area contributed by atoms with E-state index >= 15 is 0 Å². The molecule has 0 bridgehead atoms. The van der Waals surface area contributed by atoms with Gasteiger partial charge in [0.25, 0.3) is 0 Å². The van der Waals surface area contributed by atoms with Crippen molar-refractivity contribution >= 4 is 11.7 Å². The summed E-state index contributed by atoms with van der Waals surface area (Å²) in [5.74, 6) is 0.822. The molecule has 0 spiro atoms. The van der Waals surface area contributed by atoms with E-state index in [1.807, 2.05) is 6.92 Å². The average Bonchev–Trinajstić information content (AvgIpc) is 2.82. The summed E-state index contributed by atoms with van der Waals surface area (Å²) < 4.78 is 0. The molecule has 1 aromatic rings. The summed E-state index contributed by atoms with van der Waals surface area (Å²) in [5.41, 5.74) is 0.215. The molecule has 94 valence electrons. The minimum Gasteiger partial charge on any atom is -0.359 e. The highest BCUT2D eigenvalue weighted by Crippen LogP contribution is 2.32. The van der Waals surface area contributed by atoms with Gasteiger partial charge in [0.05, 0.1) is 17.0 Å². The van der Waals surface area contributed by atoms with E-state index in [0.717, 1.165) is 18.8 Å². The number of nitriles is 1. The molecule has 1 aromatic heterocycles. The first-order chi connectivity index (χ1) is 8.59. The van der Waals surface area contributed by atoms with Gasteiger partial charge in [0.2, 0.25) is 5.91 Å². The summed E-state index contributed by atoms with van der Waals surface area (Å²) in [6.07, 6.45) is 2.43. The van der Waals surface area contributed by atoms with E-state index in [2.05, 4.69) is 21.3 Å². The topological polar surface area (TPSA) is 69.0 Å². The molecule has 5 heteroatoms. The van der Waals surface area contributed by atoms with Gasteiger partial charge in [-0.2, -0.15) is 5.26 Å². The van der Waals surface area contributed by atoms with Gasteiger partial charge in [-0.05, 0) is 25.5 Å². The van der Waals surface area contributed by atoms with Crippen LogP contribution in [-0.4, -0.2) is 31.0 Å². The van der Waals surface area contributed by atoms with E-state index < -0.39 is 0 Å². The summed E-state index contributed by atoms with van der Waals surface area (Å²) in [6.45, 7) is 3.38. The predicted octanol–water partition coefficient (Wildman–Crippen LogP) is 0.916. The maximum absolute atomic E-state index is 11.8. The second-order valence-corrected chi connectivity index (χ2v) is 4.83. The standard InChI is InChI=1S/C13H16N4O/c1-13(12(18)15-2)4-6-17(9-13)11-7-10(8-14)3-5-16-11/h3,5,7H,4,6,9H2,1-2H3,(H,15,18). The number of pyridine rings is 1. The third-order valence-electron chi connectivity index (χ3n) is 3.45. The first-order valence-electron chi connectivity index (χ1n) is 5.92. The molecule has 0 saturated carbocycles. The van der Waals surface area contributed by atoms with Gasteiger partial charge >= 0.3 is 0 Å². The van der Waals surface area contributed by atoms with Gasteiger partial charge < -0.3 is 10.2 Å². The Kier molecular flexibility index (Phi) is 3.19. The van der Waals surface area contributed by atoms with Crippen molar-refractivity contribution in [2.24, 2.45) is 5.41 Å². The normalized spacial score (nSPS) is 22.6. The largest absolute Gasteiger partial charge is 0.359 e. The fourth-order valence-corrected chi connectivity index (χ4v) is 2.30. The summed E-state index contributed by atoms with van der Waals surface area (Å²) in [4.78, 5) is 18.1. The molecule has 0 aromatic carbocycles. The van der Waals surface area contributed by atoms with Crippen molar-refractivity contribution in [3.05, 3.63) is 23.9 Å². The van der Waals surface area contributed by atoms with Crippen LogP contribution in [0.2, 0.25) is 0 Å². The SMILES string of the molecule is CNC(=O)C1(C)CCN(c2cc(C#N)ccn2)C1. The number of aromatic nitrogens is 1. The van der Waals surface area contributed by atoms with Gasteiger partial charge in [0.1, 0.15) is 5.82 Å². The molecule has 0 aliphatic carbocycles. The van der Waals surface area contributed by atoms with Gasteiger partial charge in [-0.1, -0.05) is 0 Å². The molecule has 1 aliphatic rings. The van der Waals surface area contributed by atoms with Crippen molar-refractivity contribution in [3.8, 4) is 6.07 Å². The molecule has 1 fully saturated rings. The van der Waals surface area contributed by atoms with Crippen molar-refractivity contribution in [1.82, 2.24) is 10.3 Å². The third kappa shape index (κ3) is 2.14. The Morgan fingerprint density at radius 1 is 1.67 bits per heavy atom.